The number of fused-ring (bicyclic) bond motifs is 1. The van der Waals surface area contributed by atoms with Crippen molar-refractivity contribution < 1.29 is 14.7 Å². The Morgan fingerprint density at radius 2 is 1.81 bits per heavy atom. The molecule has 1 atom stereocenters. The summed E-state index contributed by atoms with van der Waals surface area (Å²) in [6.07, 6.45) is 2.64. The first-order chi connectivity index (χ1) is 12.4. The molecule has 0 spiro atoms. The number of hydrogen-bond donors (Lipinski definition) is 4. The van der Waals surface area contributed by atoms with Crippen LogP contribution in [0.15, 0.2) is 42.5 Å². The normalized spacial score (nSPS) is 15.8. The van der Waals surface area contributed by atoms with Crippen molar-refractivity contribution in [3.8, 4) is 0 Å². The zero-order valence-electron chi connectivity index (χ0n) is 14.3. The van der Waals surface area contributed by atoms with Crippen LogP contribution in [-0.4, -0.2) is 22.8 Å². The molecule has 26 heavy (non-hydrogen) atoms. The molecule has 0 heterocycles. The molecule has 6 nitrogen and oxygen atoms in total. The largest absolute Gasteiger partial charge is 0.481 e. The Kier molecular flexibility index (Phi) is 5.02. The molecule has 0 saturated heterocycles. The number of carboxylic acids is 1. The third kappa shape index (κ3) is 4.08. The van der Waals surface area contributed by atoms with Crippen LogP contribution in [0.5, 0.6) is 0 Å². The summed E-state index contributed by atoms with van der Waals surface area (Å²) < 4.78 is 0. The second-order valence-corrected chi connectivity index (χ2v) is 6.64. The fourth-order valence-corrected chi connectivity index (χ4v) is 3.33. The molecule has 3 rings (SSSR count). The van der Waals surface area contributed by atoms with Crippen molar-refractivity contribution in [2.24, 2.45) is 11.7 Å². The van der Waals surface area contributed by atoms with E-state index in [-0.39, 0.29) is 24.1 Å². The predicted octanol–water partition coefficient (Wildman–Crippen LogP) is 2.80. The highest BCUT2D eigenvalue weighted by Gasteiger charge is 2.21. The van der Waals surface area contributed by atoms with Crippen LogP contribution in [0.1, 0.15) is 39.9 Å². The van der Waals surface area contributed by atoms with E-state index in [2.05, 4.69) is 5.32 Å². The molecule has 0 bridgehead atoms. The van der Waals surface area contributed by atoms with E-state index in [9.17, 15) is 9.59 Å². The van der Waals surface area contributed by atoms with E-state index in [0.29, 0.717) is 11.1 Å². The number of nitrogen functional groups attached to an aromatic ring is 1. The van der Waals surface area contributed by atoms with Crippen molar-refractivity contribution in [1.29, 1.82) is 5.41 Å². The topological polar surface area (TPSA) is 116 Å². The van der Waals surface area contributed by atoms with Gasteiger partial charge in [-0.25, -0.2) is 0 Å². The first-order valence-corrected chi connectivity index (χ1v) is 8.52. The van der Waals surface area contributed by atoms with Gasteiger partial charge in [0.2, 0.25) is 0 Å². The first kappa shape index (κ1) is 17.7. The van der Waals surface area contributed by atoms with Crippen LogP contribution in [0.2, 0.25) is 0 Å². The number of carbonyl (C=O) groups is 2. The maximum Gasteiger partial charge on any atom is 0.303 e. The molecule has 2 aromatic carbocycles. The lowest BCUT2D eigenvalue weighted by Gasteiger charge is -2.24. The van der Waals surface area contributed by atoms with Crippen LogP contribution in [0.4, 0.5) is 5.69 Å². The van der Waals surface area contributed by atoms with Crippen molar-refractivity contribution in [3.63, 3.8) is 0 Å². The third-order valence-electron chi connectivity index (χ3n) is 4.72. The highest BCUT2D eigenvalue weighted by molar-refractivity contribution is 6.05. The first-order valence-electron chi connectivity index (χ1n) is 8.52. The SMILES string of the molecule is N=C(N)c1ccc(C(=O)Nc2ccc3c(c2)CCC(CC(=O)O)C3)cc1. The van der Waals surface area contributed by atoms with E-state index in [1.165, 1.54) is 0 Å². The number of benzene rings is 2. The maximum atomic E-state index is 12.4. The van der Waals surface area contributed by atoms with Gasteiger partial charge >= 0.3 is 5.97 Å². The Labute approximate surface area is 151 Å². The summed E-state index contributed by atoms with van der Waals surface area (Å²) >= 11 is 0. The van der Waals surface area contributed by atoms with Crippen LogP contribution in [0.25, 0.3) is 0 Å². The number of amides is 1. The highest BCUT2D eigenvalue weighted by Crippen LogP contribution is 2.29. The quantitative estimate of drug-likeness (QED) is 0.489. The molecule has 0 saturated carbocycles. The van der Waals surface area contributed by atoms with E-state index in [1.807, 2.05) is 18.2 Å². The van der Waals surface area contributed by atoms with E-state index in [0.717, 1.165) is 36.1 Å². The molecular weight excluding hydrogens is 330 g/mol. The summed E-state index contributed by atoms with van der Waals surface area (Å²) in [5.74, 6) is -0.828. The van der Waals surface area contributed by atoms with Gasteiger partial charge in [0.1, 0.15) is 5.84 Å². The van der Waals surface area contributed by atoms with Crippen LogP contribution < -0.4 is 11.1 Å². The van der Waals surface area contributed by atoms with Gasteiger partial charge in [0.15, 0.2) is 0 Å². The fraction of sp³-hybridized carbons (Fsp3) is 0.250. The lowest BCUT2D eigenvalue weighted by atomic mass is 9.82. The van der Waals surface area contributed by atoms with Crippen molar-refractivity contribution in [1.82, 2.24) is 0 Å². The van der Waals surface area contributed by atoms with Crippen molar-refractivity contribution in [3.05, 3.63) is 64.7 Å². The van der Waals surface area contributed by atoms with Crippen LogP contribution >= 0.6 is 0 Å². The number of carboxylic acid groups (broad SMARTS) is 1. The minimum atomic E-state index is -0.752. The number of hydrogen-bond acceptors (Lipinski definition) is 3. The molecule has 0 aliphatic heterocycles. The molecular formula is C20H21N3O3. The van der Waals surface area contributed by atoms with Crippen molar-refractivity contribution >= 4 is 23.4 Å². The summed E-state index contributed by atoms with van der Waals surface area (Å²) in [6.45, 7) is 0. The molecule has 1 aliphatic rings. The summed E-state index contributed by atoms with van der Waals surface area (Å²) in [6, 6.07) is 12.4. The molecule has 1 amide bonds. The molecule has 5 N–H and O–H groups in total. The van der Waals surface area contributed by atoms with Crippen LogP contribution in [0, 0.1) is 11.3 Å². The van der Waals surface area contributed by atoms with E-state index in [4.69, 9.17) is 16.2 Å². The predicted molar refractivity (Wildman–Crippen MR) is 99.6 cm³/mol. The number of aryl methyl sites for hydroxylation is 1. The molecule has 0 radical (unpaired) electrons. The van der Waals surface area contributed by atoms with Gasteiger partial charge in [-0.3, -0.25) is 15.0 Å². The minimum Gasteiger partial charge on any atom is -0.481 e. The van der Waals surface area contributed by atoms with Gasteiger partial charge in [0, 0.05) is 23.2 Å². The zero-order chi connectivity index (χ0) is 18.7. The van der Waals surface area contributed by atoms with Gasteiger partial charge in [0.25, 0.3) is 5.91 Å². The molecule has 0 aromatic heterocycles. The molecule has 2 aromatic rings. The second-order valence-electron chi connectivity index (χ2n) is 6.64. The maximum absolute atomic E-state index is 12.4. The smallest absolute Gasteiger partial charge is 0.303 e. The van der Waals surface area contributed by atoms with E-state index < -0.39 is 5.97 Å². The monoisotopic (exact) mass is 351 g/mol. The standard InChI is InChI=1S/C20H21N3O3/c21-19(22)13-3-5-14(6-4-13)20(26)23-17-8-7-15-9-12(10-18(24)25)1-2-16(15)11-17/h3-8,11-12H,1-2,9-10H2,(H3,21,22)(H,23,26)(H,24,25). The second kappa shape index (κ2) is 7.39. The molecule has 1 aliphatic carbocycles. The number of aliphatic carboxylic acids is 1. The van der Waals surface area contributed by atoms with Gasteiger partial charge in [-0.1, -0.05) is 18.2 Å². The lowest BCUT2D eigenvalue weighted by molar-refractivity contribution is -0.138. The Morgan fingerprint density at radius 1 is 1.12 bits per heavy atom. The van der Waals surface area contributed by atoms with Gasteiger partial charge in [-0.05, 0) is 60.6 Å². The zero-order valence-corrected chi connectivity index (χ0v) is 14.3. The average molecular weight is 351 g/mol. The third-order valence-corrected chi connectivity index (χ3v) is 4.72. The Hall–Kier alpha value is -3.15. The average Bonchev–Trinajstić information content (AvgIpc) is 2.61. The summed E-state index contributed by atoms with van der Waals surface area (Å²) in [7, 11) is 0. The Morgan fingerprint density at radius 3 is 2.46 bits per heavy atom. The summed E-state index contributed by atoms with van der Waals surface area (Å²) in [4.78, 5) is 23.3. The molecule has 1 unspecified atom stereocenters. The van der Waals surface area contributed by atoms with E-state index >= 15 is 0 Å². The number of anilines is 1. The summed E-state index contributed by atoms with van der Waals surface area (Å²) in [5, 5.41) is 19.2. The van der Waals surface area contributed by atoms with Crippen LogP contribution in [-0.2, 0) is 17.6 Å². The molecule has 134 valence electrons. The number of nitrogens with one attached hydrogen (secondary N) is 2. The molecule has 6 heteroatoms. The van der Waals surface area contributed by atoms with Gasteiger partial charge in [-0.15, -0.1) is 0 Å². The lowest BCUT2D eigenvalue weighted by Crippen LogP contribution is -2.18. The molecule has 0 fully saturated rings. The Balaban J connectivity index is 1.68. The number of amidine groups is 1. The minimum absolute atomic E-state index is 0.0344. The Bertz CT molecular complexity index is 859. The van der Waals surface area contributed by atoms with Gasteiger partial charge < -0.3 is 16.2 Å². The number of nitrogens with two attached hydrogens (primary N) is 1. The van der Waals surface area contributed by atoms with Crippen molar-refractivity contribution in [2.45, 2.75) is 25.7 Å². The highest BCUT2D eigenvalue weighted by atomic mass is 16.4. The summed E-state index contributed by atoms with van der Waals surface area (Å²) in [5.41, 5.74) is 9.53. The van der Waals surface area contributed by atoms with Gasteiger partial charge in [0.05, 0.1) is 0 Å². The number of carbonyl (C=O) groups excluding carboxylic acids is 1. The van der Waals surface area contributed by atoms with Crippen molar-refractivity contribution in [2.75, 3.05) is 5.32 Å². The van der Waals surface area contributed by atoms with E-state index in [1.54, 1.807) is 24.3 Å². The fourth-order valence-electron chi connectivity index (χ4n) is 3.33. The van der Waals surface area contributed by atoms with Gasteiger partial charge in [-0.2, -0.15) is 0 Å². The van der Waals surface area contributed by atoms with Crippen LogP contribution in [0.3, 0.4) is 0 Å². The number of rotatable bonds is 5.